The van der Waals surface area contributed by atoms with Gasteiger partial charge in [0.25, 0.3) is 0 Å². The molecular formula is C14H23FN2O3S. The molecule has 4 N–H and O–H groups in total. The summed E-state index contributed by atoms with van der Waals surface area (Å²) in [5, 5.41) is 9.10. The minimum atomic E-state index is -3.92. The fourth-order valence-electron chi connectivity index (χ4n) is 2.00. The summed E-state index contributed by atoms with van der Waals surface area (Å²) in [6.45, 7) is 6.84. The molecule has 0 aromatic heterocycles. The maximum Gasteiger partial charge on any atom is 0.241 e. The van der Waals surface area contributed by atoms with Gasteiger partial charge in [0.15, 0.2) is 0 Å². The van der Waals surface area contributed by atoms with Gasteiger partial charge in [-0.1, -0.05) is 20.8 Å². The zero-order valence-electron chi connectivity index (χ0n) is 12.8. The van der Waals surface area contributed by atoms with Crippen molar-refractivity contribution in [2.24, 2.45) is 5.41 Å². The number of nitrogens with one attached hydrogen (secondary N) is 1. The number of anilines is 1. The van der Waals surface area contributed by atoms with Crippen molar-refractivity contribution in [2.45, 2.75) is 45.1 Å². The molecule has 7 heteroatoms. The highest BCUT2D eigenvalue weighted by molar-refractivity contribution is 7.89. The Kier molecular flexibility index (Phi) is 5.35. The molecular weight excluding hydrogens is 295 g/mol. The molecule has 1 atom stereocenters. The van der Waals surface area contributed by atoms with Gasteiger partial charge in [-0.2, -0.15) is 0 Å². The average molecular weight is 318 g/mol. The van der Waals surface area contributed by atoms with Gasteiger partial charge in [-0.15, -0.1) is 0 Å². The van der Waals surface area contributed by atoms with Crippen molar-refractivity contribution >= 4 is 15.7 Å². The first-order chi connectivity index (χ1) is 9.49. The first kappa shape index (κ1) is 17.9. The van der Waals surface area contributed by atoms with E-state index in [1.54, 1.807) is 0 Å². The number of halogens is 1. The number of sulfonamides is 1. The van der Waals surface area contributed by atoms with Crippen LogP contribution >= 0.6 is 0 Å². The quantitative estimate of drug-likeness (QED) is 0.722. The van der Waals surface area contributed by atoms with Crippen LogP contribution in [0.5, 0.6) is 0 Å². The van der Waals surface area contributed by atoms with Gasteiger partial charge in [-0.05, 0) is 30.9 Å². The number of hydrogen-bond donors (Lipinski definition) is 3. The number of nitrogens with two attached hydrogens (primary N) is 1. The van der Waals surface area contributed by atoms with Gasteiger partial charge < -0.3 is 10.8 Å². The third-order valence-electron chi connectivity index (χ3n) is 3.37. The zero-order chi connectivity index (χ0) is 16.4. The molecule has 1 aromatic rings. The molecule has 120 valence electrons. The van der Waals surface area contributed by atoms with E-state index in [4.69, 9.17) is 10.8 Å². The topological polar surface area (TPSA) is 92.4 Å². The number of hydrogen-bond acceptors (Lipinski definition) is 4. The molecule has 0 amide bonds. The van der Waals surface area contributed by atoms with Crippen molar-refractivity contribution < 1.29 is 17.9 Å². The molecule has 0 aliphatic carbocycles. The SMILES string of the molecule is Cc1c(F)cc(N)cc1S(=O)(=O)NC(CCO)C(C)(C)C. The van der Waals surface area contributed by atoms with E-state index in [1.807, 2.05) is 20.8 Å². The molecule has 0 spiro atoms. The first-order valence-electron chi connectivity index (χ1n) is 6.68. The second-order valence-electron chi connectivity index (χ2n) is 6.18. The predicted octanol–water partition coefficient (Wildman–Crippen LogP) is 1.79. The van der Waals surface area contributed by atoms with Gasteiger partial charge >= 0.3 is 0 Å². The van der Waals surface area contributed by atoms with Crippen LogP contribution in [0, 0.1) is 18.2 Å². The average Bonchev–Trinajstić information content (AvgIpc) is 2.31. The van der Waals surface area contributed by atoms with E-state index in [0.29, 0.717) is 0 Å². The molecule has 5 nitrogen and oxygen atoms in total. The highest BCUT2D eigenvalue weighted by Crippen LogP contribution is 2.26. The molecule has 1 unspecified atom stereocenters. The lowest BCUT2D eigenvalue weighted by Crippen LogP contribution is -2.44. The minimum absolute atomic E-state index is 0.0216. The molecule has 0 bridgehead atoms. The Morgan fingerprint density at radius 3 is 2.43 bits per heavy atom. The molecule has 1 aromatic carbocycles. The van der Waals surface area contributed by atoms with E-state index < -0.39 is 21.9 Å². The lowest BCUT2D eigenvalue weighted by Gasteiger charge is -2.31. The second-order valence-corrected chi connectivity index (χ2v) is 7.86. The van der Waals surface area contributed by atoms with Crippen LogP contribution in [-0.2, 0) is 10.0 Å². The summed E-state index contributed by atoms with van der Waals surface area (Å²) in [6, 6.07) is 1.85. The Labute approximate surface area is 125 Å². The molecule has 0 aliphatic rings. The van der Waals surface area contributed by atoms with Crippen molar-refractivity contribution in [1.29, 1.82) is 0 Å². The van der Waals surface area contributed by atoms with Gasteiger partial charge in [0, 0.05) is 23.9 Å². The van der Waals surface area contributed by atoms with Crippen LogP contribution in [-0.4, -0.2) is 26.2 Å². The van der Waals surface area contributed by atoms with E-state index in [9.17, 15) is 12.8 Å². The number of rotatable bonds is 5. The van der Waals surface area contributed by atoms with E-state index in [0.717, 1.165) is 6.07 Å². The van der Waals surface area contributed by atoms with Crippen LogP contribution in [0.1, 0.15) is 32.8 Å². The van der Waals surface area contributed by atoms with E-state index in [2.05, 4.69) is 4.72 Å². The molecule has 0 saturated carbocycles. The first-order valence-corrected chi connectivity index (χ1v) is 8.16. The number of aliphatic hydroxyl groups is 1. The molecule has 0 heterocycles. The van der Waals surface area contributed by atoms with Crippen molar-refractivity contribution in [1.82, 2.24) is 4.72 Å². The van der Waals surface area contributed by atoms with Crippen molar-refractivity contribution in [3.8, 4) is 0 Å². The van der Waals surface area contributed by atoms with Gasteiger partial charge in [-0.3, -0.25) is 0 Å². The Bertz CT molecular complexity index is 609. The summed E-state index contributed by atoms with van der Waals surface area (Å²) in [5.41, 5.74) is 5.21. The lowest BCUT2D eigenvalue weighted by atomic mass is 9.86. The van der Waals surface area contributed by atoms with E-state index in [1.165, 1.54) is 13.0 Å². The minimum Gasteiger partial charge on any atom is -0.399 e. The summed E-state index contributed by atoms with van der Waals surface area (Å²) in [7, 11) is -3.92. The monoisotopic (exact) mass is 318 g/mol. The lowest BCUT2D eigenvalue weighted by molar-refractivity contribution is 0.214. The Hall–Kier alpha value is -1.18. The fraction of sp³-hybridized carbons (Fsp3) is 0.571. The second kappa shape index (κ2) is 6.29. The summed E-state index contributed by atoms with van der Waals surface area (Å²) < 4.78 is 41.2. The zero-order valence-corrected chi connectivity index (χ0v) is 13.6. The van der Waals surface area contributed by atoms with Crippen LogP contribution in [0.25, 0.3) is 0 Å². The van der Waals surface area contributed by atoms with E-state index in [-0.39, 0.29) is 34.6 Å². The highest BCUT2D eigenvalue weighted by atomic mass is 32.2. The molecule has 21 heavy (non-hydrogen) atoms. The van der Waals surface area contributed by atoms with Crippen LogP contribution in [0.15, 0.2) is 17.0 Å². The Morgan fingerprint density at radius 2 is 1.95 bits per heavy atom. The van der Waals surface area contributed by atoms with Crippen molar-refractivity contribution in [3.05, 3.63) is 23.5 Å². The third-order valence-corrected chi connectivity index (χ3v) is 4.97. The van der Waals surface area contributed by atoms with Gasteiger partial charge in [-0.25, -0.2) is 17.5 Å². The Morgan fingerprint density at radius 1 is 1.38 bits per heavy atom. The van der Waals surface area contributed by atoms with Crippen molar-refractivity contribution in [2.75, 3.05) is 12.3 Å². The summed E-state index contributed by atoms with van der Waals surface area (Å²) in [5.74, 6) is -0.662. The van der Waals surface area contributed by atoms with Gasteiger partial charge in [0.2, 0.25) is 10.0 Å². The standard InChI is InChI=1S/C14H23FN2O3S/c1-9-11(15)7-10(16)8-12(9)21(19,20)17-13(5-6-18)14(2,3)4/h7-8,13,17-18H,5-6,16H2,1-4H3. The molecule has 1 rings (SSSR count). The Balaban J connectivity index is 3.23. The van der Waals surface area contributed by atoms with Crippen LogP contribution < -0.4 is 10.5 Å². The summed E-state index contributed by atoms with van der Waals surface area (Å²) in [4.78, 5) is -0.174. The van der Waals surface area contributed by atoms with Gasteiger partial charge in [0.1, 0.15) is 5.82 Å². The highest BCUT2D eigenvalue weighted by Gasteiger charge is 2.30. The third kappa shape index (κ3) is 4.39. The largest absolute Gasteiger partial charge is 0.399 e. The molecule has 0 saturated heterocycles. The molecule has 0 aliphatic heterocycles. The maximum absolute atomic E-state index is 13.7. The smallest absolute Gasteiger partial charge is 0.241 e. The summed E-state index contributed by atoms with van der Waals surface area (Å²) in [6.07, 6.45) is 0.270. The number of nitrogen functional groups attached to an aromatic ring is 1. The number of benzene rings is 1. The van der Waals surface area contributed by atoms with Crippen LogP contribution in [0.3, 0.4) is 0 Å². The normalized spacial score (nSPS) is 14.2. The molecule has 0 radical (unpaired) electrons. The van der Waals surface area contributed by atoms with Crippen molar-refractivity contribution in [3.63, 3.8) is 0 Å². The number of aliphatic hydroxyl groups excluding tert-OH is 1. The van der Waals surface area contributed by atoms with Crippen LogP contribution in [0.4, 0.5) is 10.1 Å². The van der Waals surface area contributed by atoms with Crippen LogP contribution in [0.2, 0.25) is 0 Å². The van der Waals surface area contributed by atoms with Gasteiger partial charge in [0.05, 0.1) is 4.90 Å². The maximum atomic E-state index is 13.7. The summed E-state index contributed by atoms with van der Waals surface area (Å²) >= 11 is 0. The molecule has 0 fully saturated rings. The van der Waals surface area contributed by atoms with E-state index >= 15 is 0 Å². The fourth-order valence-corrected chi connectivity index (χ4v) is 3.77. The predicted molar refractivity (Wildman–Crippen MR) is 80.8 cm³/mol.